The first-order chi connectivity index (χ1) is 18.0. The Kier molecular flexibility index (Phi) is 7.56. The zero-order chi connectivity index (χ0) is 25.8. The summed E-state index contributed by atoms with van der Waals surface area (Å²) in [4.78, 5) is 30.6. The molecule has 6 heteroatoms. The number of carbonyl (C=O) groups excluding carboxylic acids is 2. The number of hydrogen-bond acceptors (Lipinski definition) is 4. The second-order valence-electron chi connectivity index (χ2n) is 10.4. The molecule has 2 aliphatic heterocycles. The number of fused-ring (bicyclic) bond motifs is 2. The molecule has 1 saturated heterocycles. The lowest BCUT2D eigenvalue weighted by molar-refractivity contribution is -0.117. The van der Waals surface area contributed by atoms with Crippen molar-refractivity contribution in [2.45, 2.75) is 33.1 Å². The van der Waals surface area contributed by atoms with E-state index in [0.717, 1.165) is 36.1 Å². The summed E-state index contributed by atoms with van der Waals surface area (Å²) >= 11 is 0. The van der Waals surface area contributed by atoms with Crippen molar-refractivity contribution < 1.29 is 14.3 Å². The summed E-state index contributed by atoms with van der Waals surface area (Å²) in [7, 11) is 0. The Bertz CT molecular complexity index is 1250. The van der Waals surface area contributed by atoms with E-state index in [1.807, 2.05) is 66.7 Å². The molecule has 6 nitrogen and oxygen atoms in total. The molecular formula is C31H35N3O3. The summed E-state index contributed by atoms with van der Waals surface area (Å²) in [5.74, 6) is 2.04. The highest BCUT2D eigenvalue weighted by molar-refractivity contribution is 6.17. The van der Waals surface area contributed by atoms with Crippen LogP contribution in [0.2, 0.25) is 0 Å². The van der Waals surface area contributed by atoms with E-state index in [1.54, 1.807) is 11.0 Å². The Morgan fingerprint density at radius 1 is 0.919 bits per heavy atom. The molecule has 0 aliphatic carbocycles. The quantitative estimate of drug-likeness (QED) is 0.413. The number of rotatable bonds is 7. The molecule has 0 aromatic heterocycles. The Hall–Kier alpha value is -3.64. The first-order valence-electron chi connectivity index (χ1n) is 13.2. The van der Waals surface area contributed by atoms with Crippen molar-refractivity contribution in [2.75, 3.05) is 36.5 Å². The number of nitrogens with zero attached hydrogens (tertiary/aromatic N) is 2. The average Bonchev–Trinajstić information content (AvgIpc) is 3.01. The molecule has 0 spiro atoms. The minimum Gasteiger partial charge on any atom is -0.494 e. The molecule has 1 fully saturated rings. The van der Waals surface area contributed by atoms with Crippen molar-refractivity contribution in [3.8, 4) is 5.75 Å². The van der Waals surface area contributed by atoms with Crippen LogP contribution in [0.25, 0.3) is 0 Å². The fraction of sp³-hybridized carbons (Fsp3) is 0.355. The van der Waals surface area contributed by atoms with Gasteiger partial charge in [-0.15, -0.1) is 0 Å². The highest BCUT2D eigenvalue weighted by atomic mass is 16.5. The van der Waals surface area contributed by atoms with E-state index >= 15 is 0 Å². The number of piperidine rings is 1. The largest absolute Gasteiger partial charge is 0.494 e. The van der Waals surface area contributed by atoms with Gasteiger partial charge in [0.25, 0.3) is 5.91 Å². The number of nitrogens with one attached hydrogen (secondary N) is 1. The predicted octanol–water partition coefficient (Wildman–Crippen LogP) is 5.91. The molecule has 1 N–H and O–H groups in total. The lowest BCUT2D eigenvalue weighted by atomic mass is 9.92. The van der Waals surface area contributed by atoms with Gasteiger partial charge in [0.1, 0.15) is 5.75 Å². The van der Waals surface area contributed by atoms with Gasteiger partial charge >= 0.3 is 0 Å². The van der Waals surface area contributed by atoms with Crippen LogP contribution in [0.3, 0.4) is 0 Å². The summed E-state index contributed by atoms with van der Waals surface area (Å²) in [6.45, 7) is 8.79. The van der Waals surface area contributed by atoms with Crippen LogP contribution in [0.1, 0.15) is 42.6 Å². The minimum atomic E-state index is -0.218. The Balaban J connectivity index is 1.22. The van der Waals surface area contributed by atoms with E-state index in [4.69, 9.17) is 4.74 Å². The average molecular weight is 498 g/mol. The molecule has 2 heterocycles. The topological polar surface area (TPSA) is 61.9 Å². The van der Waals surface area contributed by atoms with E-state index in [1.165, 1.54) is 19.5 Å². The fourth-order valence-electron chi connectivity index (χ4n) is 5.63. The lowest BCUT2D eigenvalue weighted by Crippen LogP contribution is -2.39. The maximum Gasteiger partial charge on any atom is 0.257 e. The van der Waals surface area contributed by atoms with Gasteiger partial charge in [-0.25, -0.2) is 0 Å². The van der Waals surface area contributed by atoms with Gasteiger partial charge in [-0.1, -0.05) is 50.2 Å². The maximum atomic E-state index is 13.6. The molecule has 3 aromatic rings. The highest BCUT2D eigenvalue weighted by Gasteiger charge is 2.29. The SMILES string of the molecule is CC1CC(C)CN(CCCOc2ccc(CC(=O)N3c4ccccc4NC(=O)c4ccccc43)cc2)C1. The first kappa shape index (κ1) is 25.0. The summed E-state index contributed by atoms with van der Waals surface area (Å²) in [5, 5.41) is 2.93. The van der Waals surface area contributed by atoms with Gasteiger partial charge in [0.2, 0.25) is 5.91 Å². The number of ether oxygens (including phenoxy) is 1. The van der Waals surface area contributed by atoms with Crippen LogP contribution in [0, 0.1) is 11.8 Å². The summed E-state index contributed by atoms with van der Waals surface area (Å²) in [6.07, 6.45) is 2.54. The maximum absolute atomic E-state index is 13.6. The number of carbonyl (C=O) groups is 2. The lowest BCUT2D eigenvalue weighted by Gasteiger charge is -2.34. The summed E-state index contributed by atoms with van der Waals surface area (Å²) < 4.78 is 5.98. The van der Waals surface area contributed by atoms with Crippen LogP contribution >= 0.6 is 0 Å². The zero-order valence-corrected chi connectivity index (χ0v) is 21.7. The molecule has 2 aliphatic rings. The van der Waals surface area contributed by atoms with Gasteiger partial charge in [0, 0.05) is 19.6 Å². The van der Waals surface area contributed by atoms with Crippen molar-refractivity contribution in [1.82, 2.24) is 4.90 Å². The second-order valence-corrected chi connectivity index (χ2v) is 10.4. The normalized spacial score (nSPS) is 19.4. The van der Waals surface area contributed by atoms with E-state index in [2.05, 4.69) is 24.1 Å². The smallest absolute Gasteiger partial charge is 0.257 e. The number of para-hydroxylation sites is 3. The van der Waals surface area contributed by atoms with E-state index in [9.17, 15) is 9.59 Å². The van der Waals surface area contributed by atoms with Crippen LogP contribution in [0.4, 0.5) is 17.1 Å². The molecule has 0 radical (unpaired) electrons. The Morgan fingerprint density at radius 2 is 1.59 bits per heavy atom. The number of hydrogen-bond donors (Lipinski definition) is 1. The van der Waals surface area contributed by atoms with Crippen LogP contribution in [-0.2, 0) is 11.2 Å². The first-order valence-corrected chi connectivity index (χ1v) is 13.2. The van der Waals surface area contributed by atoms with Crippen LogP contribution in [0.15, 0.2) is 72.8 Å². The standard InChI is InChI=1S/C31H35N3O3/c1-22-18-23(2)21-33(20-22)16-7-17-37-25-14-12-24(13-15-25)19-30(35)34-28-10-5-3-8-26(28)31(36)32-27-9-4-6-11-29(27)34/h3-6,8-15,22-23H,7,16-21H2,1-2H3,(H,32,36). The van der Waals surface area contributed by atoms with Gasteiger partial charge in [-0.05, 0) is 66.6 Å². The molecule has 0 saturated carbocycles. The predicted molar refractivity (Wildman–Crippen MR) is 148 cm³/mol. The molecule has 2 unspecified atom stereocenters. The molecule has 3 aromatic carbocycles. The molecular weight excluding hydrogens is 462 g/mol. The Labute approximate surface area is 219 Å². The van der Waals surface area contributed by atoms with Crippen LogP contribution in [0.5, 0.6) is 5.75 Å². The van der Waals surface area contributed by atoms with Gasteiger partial charge < -0.3 is 15.0 Å². The molecule has 0 bridgehead atoms. The molecule has 2 atom stereocenters. The van der Waals surface area contributed by atoms with Crippen molar-refractivity contribution >= 4 is 28.9 Å². The third kappa shape index (κ3) is 5.86. The van der Waals surface area contributed by atoms with Gasteiger partial charge in [-0.3, -0.25) is 14.5 Å². The number of likely N-dealkylation sites (tertiary alicyclic amines) is 1. The van der Waals surface area contributed by atoms with Crippen LogP contribution < -0.4 is 15.0 Å². The van der Waals surface area contributed by atoms with Crippen molar-refractivity contribution in [2.24, 2.45) is 11.8 Å². The number of benzene rings is 3. The highest BCUT2D eigenvalue weighted by Crippen LogP contribution is 2.38. The third-order valence-corrected chi connectivity index (χ3v) is 7.14. The van der Waals surface area contributed by atoms with E-state index in [0.29, 0.717) is 29.2 Å². The van der Waals surface area contributed by atoms with Gasteiger partial charge in [-0.2, -0.15) is 0 Å². The van der Waals surface area contributed by atoms with E-state index < -0.39 is 0 Å². The van der Waals surface area contributed by atoms with Gasteiger partial charge in [0.15, 0.2) is 0 Å². The zero-order valence-electron chi connectivity index (χ0n) is 21.7. The van der Waals surface area contributed by atoms with Crippen molar-refractivity contribution in [3.63, 3.8) is 0 Å². The van der Waals surface area contributed by atoms with Crippen LogP contribution in [-0.4, -0.2) is 43.0 Å². The monoisotopic (exact) mass is 497 g/mol. The number of anilines is 3. The second kappa shape index (κ2) is 11.2. The number of amides is 2. The minimum absolute atomic E-state index is 0.102. The molecule has 5 rings (SSSR count). The molecule has 37 heavy (non-hydrogen) atoms. The van der Waals surface area contributed by atoms with Crippen molar-refractivity contribution in [1.29, 1.82) is 0 Å². The fourth-order valence-corrected chi connectivity index (χ4v) is 5.63. The van der Waals surface area contributed by atoms with Crippen molar-refractivity contribution in [3.05, 3.63) is 83.9 Å². The third-order valence-electron chi connectivity index (χ3n) is 7.14. The summed E-state index contributed by atoms with van der Waals surface area (Å²) in [5.41, 5.74) is 3.25. The summed E-state index contributed by atoms with van der Waals surface area (Å²) in [6, 6.07) is 22.4. The van der Waals surface area contributed by atoms with E-state index in [-0.39, 0.29) is 18.2 Å². The van der Waals surface area contributed by atoms with Gasteiger partial charge in [0.05, 0.1) is 35.7 Å². The molecule has 192 valence electrons. The Morgan fingerprint density at radius 3 is 2.35 bits per heavy atom. The molecule has 2 amide bonds.